The number of rotatable bonds is 8. The molecular weight excluding hydrogens is 396 g/mol. The van der Waals surface area contributed by atoms with Gasteiger partial charge in [0.1, 0.15) is 0 Å². The van der Waals surface area contributed by atoms with Gasteiger partial charge in [0.05, 0.1) is 12.2 Å². The van der Waals surface area contributed by atoms with Crippen LogP contribution in [-0.4, -0.2) is 66.4 Å². The number of benzene rings is 1. The lowest BCUT2D eigenvalue weighted by molar-refractivity contribution is -0.0570. The fourth-order valence-electron chi connectivity index (χ4n) is 6.10. The average Bonchev–Trinajstić information content (AvgIpc) is 3.05. The smallest absolute Gasteiger partial charge is 0.0689 e. The second-order valence-corrected chi connectivity index (χ2v) is 11.1. The van der Waals surface area contributed by atoms with E-state index in [0.29, 0.717) is 23.5 Å². The van der Waals surface area contributed by atoms with E-state index >= 15 is 0 Å². The van der Waals surface area contributed by atoms with Crippen LogP contribution in [0, 0.1) is 16.7 Å². The minimum atomic E-state index is -0.299. The van der Waals surface area contributed by atoms with Crippen molar-refractivity contribution in [1.82, 2.24) is 9.80 Å². The lowest BCUT2D eigenvalue weighted by Crippen LogP contribution is -2.48. The van der Waals surface area contributed by atoms with Gasteiger partial charge in [0, 0.05) is 50.9 Å². The third kappa shape index (κ3) is 4.59. The van der Waals surface area contributed by atoms with E-state index in [1.165, 1.54) is 24.8 Å². The van der Waals surface area contributed by atoms with Gasteiger partial charge in [0.25, 0.3) is 0 Å². The van der Waals surface area contributed by atoms with Gasteiger partial charge in [0.2, 0.25) is 0 Å². The number of piperazine rings is 1. The van der Waals surface area contributed by atoms with Crippen LogP contribution in [0.5, 0.6) is 0 Å². The first kappa shape index (κ1) is 22.5. The van der Waals surface area contributed by atoms with E-state index in [2.05, 4.69) is 42.7 Å². The van der Waals surface area contributed by atoms with Crippen LogP contribution < -0.4 is 0 Å². The number of hydrogen-bond acceptors (Lipinski definition) is 4. The Labute approximate surface area is 187 Å². The predicted molar refractivity (Wildman–Crippen MR) is 123 cm³/mol. The highest BCUT2D eigenvalue weighted by atomic mass is 35.5. The molecule has 30 heavy (non-hydrogen) atoms. The molecule has 0 amide bonds. The second kappa shape index (κ2) is 9.07. The van der Waals surface area contributed by atoms with Gasteiger partial charge < -0.3 is 9.84 Å². The van der Waals surface area contributed by atoms with Crippen molar-refractivity contribution >= 4 is 11.6 Å². The van der Waals surface area contributed by atoms with Crippen molar-refractivity contribution in [3.05, 3.63) is 34.9 Å². The molecule has 1 saturated heterocycles. The minimum absolute atomic E-state index is 0.299. The summed E-state index contributed by atoms with van der Waals surface area (Å²) in [5, 5.41) is 11.3. The van der Waals surface area contributed by atoms with Gasteiger partial charge in [-0.25, -0.2) is 0 Å². The van der Waals surface area contributed by atoms with E-state index in [1.54, 1.807) is 0 Å². The van der Waals surface area contributed by atoms with E-state index in [9.17, 15) is 5.11 Å². The van der Waals surface area contributed by atoms with Crippen molar-refractivity contribution in [3.63, 3.8) is 0 Å². The van der Waals surface area contributed by atoms with Crippen LogP contribution in [0.15, 0.2) is 24.3 Å². The Morgan fingerprint density at radius 2 is 1.77 bits per heavy atom. The molecule has 1 aromatic carbocycles. The molecule has 2 aliphatic carbocycles. The third-order valence-corrected chi connectivity index (χ3v) is 8.99. The quantitative estimate of drug-likeness (QED) is 0.656. The summed E-state index contributed by atoms with van der Waals surface area (Å²) in [6.45, 7) is 13.8. The molecule has 1 aliphatic heterocycles. The number of aliphatic hydroxyl groups excluding tert-OH is 1. The first-order chi connectivity index (χ1) is 14.3. The number of hydrogen-bond donors (Lipinski definition) is 1. The molecule has 0 spiro atoms. The van der Waals surface area contributed by atoms with Crippen LogP contribution in [0.3, 0.4) is 0 Å². The maximum absolute atomic E-state index is 10.6. The van der Waals surface area contributed by atoms with Crippen LogP contribution in [0.4, 0.5) is 0 Å². The van der Waals surface area contributed by atoms with Crippen molar-refractivity contribution in [2.45, 2.75) is 65.2 Å². The zero-order chi connectivity index (χ0) is 21.4. The molecule has 4 nitrogen and oxygen atoms in total. The van der Waals surface area contributed by atoms with Crippen LogP contribution in [-0.2, 0) is 11.3 Å². The van der Waals surface area contributed by atoms with Crippen molar-refractivity contribution in [2.75, 3.05) is 39.3 Å². The Morgan fingerprint density at radius 1 is 1.10 bits per heavy atom. The molecule has 0 radical (unpaired) electrons. The number of aliphatic hydroxyl groups is 1. The summed E-state index contributed by atoms with van der Waals surface area (Å²) in [6, 6.07) is 8.14. The Balaban J connectivity index is 1.14. The highest BCUT2D eigenvalue weighted by molar-refractivity contribution is 6.30. The van der Waals surface area contributed by atoms with Gasteiger partial charge in [-0.1, -0.05) is 44.5 Å². The van der Waals surface area contributed by atoms with E-state index in [1.807, 2.05) is 12.1 Å². The monoisotopic (exact) mass is 434 g/mol. The Morgan fingerprint density at radius 3 is 2.37 bits per heavy atom. The molecule has 2 saturated carbocycles. The molecular formula is C25H39ClN2O2. The Hall–Kier alpha value is -0.650. The van der Waals surface area contributed by atoms with Gasteiger partial charge in [-0.3, -0.25) is 9.80 Å². The highest BCUT2D eigenvalue weighted by Crippen LogP contribution is 2.66. The molecule has 1 heterocycles. The number of fused-ring (bicyclic) bond motifs is 2. The molecule has 168 valence electrons. The van der Waals surface area contributed by atoms with Gasteiger partial charge in [-0.2, -0.15) is 0 Å². The fourth-order valence-corrected chi connectivity index (χ4v) is 6.22. The zero-order valence-corrected chi connectivity index (χ0v) is 19.7. The lowest BCUT2D eigenvalue weighted by Gasteiger charge is -2.39. The Kier molecular flexibility index (Phi) is 6.82. The largest absolute Gasteiger partial charge is 0.392 e. The van der Waals surface area contributed by atoms with E-state index in [0.717, 1.165) is 56.6 Å². The highest BCUT2D eigenvalue weighted by Gasteiger charge is 2.61. The first-order valence-electron chi connectivity index (χ1n) is 11.8. The SMILES string of the molecule is CC1(C)[C@H]2CC[C@@]1(C)[C@H](OCC[C@H](O)CN1CCN(Cc3ccc(Cl)cc3)CC1)C2. The summed E-state index contributed by atoms with van der Waals surface area (Å²) in [4.78, 5) is 4.87. The molecule has 0 unspecified atom stereocenters. The molecule has 3 aliphatic rings. The third-order valence-electron chi connectivity index (χ3n) is 8.74. The van der Waals surface area contributed by atoms with E-state index in [4.69, 9.17) is 16.3 Å². The molecule has 4 atom stereocenters. The van der Waals surface area contributed by atoms with E-state index < -0.39 is 0 Å². The standard InChI is InChI=1S/C25H39ClN2O2/c1-24(2)20-8-10-25(24,3)23(16-20)30-15-9-22(29)18-28-13-11-27(12-14-28)17-19-4-6-21(26)7-5-19/h4-7,20,22-23,29H,8-18H2,1-3H3/t20-,22-,23+,25-/m0/s1. The van der Waals surface area contributed by atoms with Crippen molar-refractivity contribution in [2.24, 2.45) is 16.7 Å². The van der Waals surface area contributed by atoms with Gasteiger partial charge in [-0.15, -0.1) is 0 Å². The minimum Gasteiger partial charge on any atom is -0.392 e. The predicted octanol–water partition coefficient (Wildman–Crippen LogP) is 4.44. The van der Waals surface area contributed by atoms with Gasteiger partial charge in [0.15, 0.2) is 0 Å². The van der Waals surface area contributed by atoms with Crippen LogP contribution in [0.25, 0.3) is 0 Å². The number of ether oxygens (including phenoxy) is 1. The van der Waals surface area contributed by atoms with Gasteiger partial charge >= 0.3 is 0 Å². The van der Waals surface area contributed by atoms with Crippen molar-refractivity contribution in [3.8, 4) is 0 Å². The first-order valence-corrected chi connectivity index (χ1v) is 12.1. The topological polar surface area (TPSA) is 35.9 Å². The molecule has 3 fully saturated rings. The summed E-state index contributed by atoms with van der Waals surface area (Å²) in [5.74, 6) is 0.807. The van der Waals surface area contributed by atoms with E-state index in [-0.39, 0.29) is 6.10 Å². The summed E-state index contributed by atoms with van der Waals surface area (Å²) in [7, 11) is 0. The van der Waals surface area contributed by atoms with Gasteiger partial charge in [-0.05, 0) is 60.1 Å². The maximum Gasteiger partial charge on any atom is 0.0689 e. The molecule has 1 N–H and O–H groups in total. The normalized spacial score (nSPS) is 32.6. The Bertz CT molecular complexity index is 702. The van der Waals surface area contributed by atoms with Crippen molar-refractivity contribution < 1.29 is 9.84 Å². The average molecular weight is 435 g/mol. The summed E-state index contributed by atoms with van der Waals surface area (Å²) in [5.41, 5.74) is 2.01. The van der Waals surface area contributed by atoms with Crippen LogP contribution >= 0.6 is 11.6 Å². The molecule has 2 bridgehead atoms. The van der Waals surface area contributed by atoms with Crippen LogP contribution in [0.1, 0.15) is 52.0 Å². The number of nitrogens with zero attached hydrogens (tertiary/aromatic N) is 2. The number of β-amino-alcohol motifs (C(OH)–C–C–N with tert-alkyl or cyclic N) is 1. The van der Waals surface area contributed by atoms with Crippen LogP contribution in [0.2, 0.25) is 5.02 Å². The molecule has 1 aromatic rings. The maximum atomic E-state index is 10.6. The molecule has 0 aromatic heterocycles. The number of halogens is 1. The molecule has 4 rings (SSSR count). The summed E-state index contributed by atoms with van der Waals surface area (Å²) >= 11 is 5.98. The zero-order valence-electron chi connectivity index (χ0n) is 18.9. The summed E-state index contributed by atoms with van der Waals surface area (Å²) < 4.78 is 6.33. The molecule has 5 heteroatoms. The lowest BCUT2D eigenvalue weighted by atomic mass is 9.70. The second-order valence-electron chi connectivity index (χ2n) is 10.6. The van der Waals surface area contributed by atoms with Crippen molar-refractivity contribution in [1.29, 1.82) is 0 Å². The fraction of sp³-hybridized carbons (Fsp3) is 0.760. The summed E-state index contributed by atoms with van der Waals surface area (Å²) in [6.07, 6.45) is 4.66.